The molecule has 0 bridgehead atoms. The minimum atomic E-state index is -4.60. The third-order valence-electron chi connectivity index (χ3n) is 10.4. The lowest BCUT2D eigenvalue weighted by Crippen LogP contribution is -2.52. The van der Waals surface area contributed by atoms with Gasteiger partial charge in [-0.05, 0) is 72.4 Å². The second-order valence-electron chi connectivity index (χ2n) is 14.6. The molecule has 4 aliphatic rings. The number of carbonyl (C=O) groups excluding carboxylic acids is 7. The van der Waals surface area contributed by atoms with Crippen molar-refractivity contribution in [1.29, 1.82) is 0 Å². The average molecular weight is 909 g/mol. The van der Waals surface area contributed by atoms with Gasteiger partial charge in [-0.1, -0.05) is 42.5 Å². The van der Waals surface area contributed by atoms with Crippen LogP contribution in [0.5, 0.6) is 0 Å². The molecular formula is C41H39F3N8O7S3. The molecule has 2 aromatic carbocycles. The fourth-order valence-corrected chi connectivity index (χ4v) is 9.65. The molecule has 2 aromatic heterocycles. The Morgan fingerprint density at radius 1 is 0.726 bits per heavy atom. The zero-order valence-corrected chi connectivity index (χ0v) is 35.1. The number of amides is 8. The molecule has 21 heteroatoms. The predicted octanol–water partition coefficient (Wildman–Crippen LogP) is 4.57. The third-order valence-corrected chi connectivity index (χ3v) is 13.0. The normalized spacial score (nSPS) is 18.3. The van der Waals surface area contributed by atoms with E-state index < -0.39 is 35.8 Å². The van der Waals surface area contributed by atoms with Crippen molar-refractivity contribution < 1.29 is 46.7 Å². The first-order valence-electron chi connectivity index (χ1n) is 19.4. The molecule has 15 nitrogen and oxygen atoms in total. The highest BCUT2D eigenvalue weighted by Crippen LogP contribution is 2.36. The van der Waals surface area contributed by atoms with Gasteiger partial charge in [0, 0.05) is 42.2 Å². The summed E-state index contributed by atoms with van der Waals surface area (Å²) in [6.07, 6.45) is -2.65. The van der Waals surface area contributed by atoms with Gasteiger partial charge in [0.15, 0.2) is 5.11 Å². The summed E-state index contributed by atoms with van der Waals surface area (Å²) < 4.78 is 39.1. The highest BCUT2D eigenvalue weighted by Gasteiger charge is 2.42. The zero-order chi connectivity index (χ0) is 44.1. The van der Waals surface area contributed by atoms with E-state index >= 15 is 0 Å². The predicted molar refractivity (Wildman–Crippen MR) is 226 cm³/mol. The zero-order valence-electron chi connectivity index (χ0n) is 32.7. The van der Waals surface area contributed by atoms with Crippen molar-refractivity contribution in [2.45, 2.75) is 76.5 Å². The van der Waals surface area contributed by atoms with Gasteiger partial charge in [0.05, 0.1) is 34.1 Å². The van der Waals surface area contributed by atoms with Crippen LogP contribution in [-0.4, -0.2) is 75.0 Å². The largest absolute Gasteiger partial charge is 0.418 e. The lowest BCUT2D eigenvalue weighted by Gasteiger charge is -2.29. The summed E-state index contributed by atoms with van der Waals surface area (Å²) in [4.78, 5) is 90.1. The summed E-state index contributed by atoms with van der Waals surface area (Å²) in [5, 5.41) is 16.2. The lowest BCUT2D eigenvalue weighted by atomic mass is 10.0. The molecule has 2 fully saturated rings. The Labute approximate surface area is 365 Å². The molecule has 4 aliphatic heterocycles. The highest BCUT2D eigenvalue weighted by atomic mass is 32.1. The molecule has 8 amide bonds. The number of para-hydroxylation sites is 1. The number of imide groups is 2. The molecule has 324 valence electrons. The van der Waals surface area contributed by atoms with Gasteiger partial charge in [0.2, 0.25) is 23.6 Å². The summed E-state index contributed by atoms with van der Waals surface area (Å²) >= 11 is 7.90. The molecule has 0 saturated carbocycles. The summed E-state index contributed by atoms with van der Waals surface area (Å²) in [6.45, 7) is 1.92. The van der Waals surface area contributed by atoms with Crippen LogP contribution >= 0.6 is 34.9 Å². The first-order chi connectivity index (χ1) is 29.6. The lowest BCUT2D eigenvalue weighted by molar-refractivity contribution is -0.138. The van der Waals surface area contributed by atoms with E-state index in [0.29, 0.717) is 44.8 Å². The van der Waals surface area contributed by atoms with Gasteiger partial charge in [0.25, 0.3) is 11.8 Å². The number of urea groups is 1. The molecule has 0 aliphatic carbocycles. The van der Waals surface area contributed by atoms with Crippen molar-refractivity contribution in [3.8, 4) is 0 Å². The third kappa shape index (κ3) is 10.3. The molecule has 2 saturated heterocycles. The van der Waals surface area contributed by atoms with Crippen LogP contribution in [0.15, 0.2) is 66.7 Å². The van der Waals surface area contributed by atoms with Crippen LogP contribution in [0.2, 0.25) is 0 Å². The SMILES string of the molecule is O=C1CCC(N2Cc3cc(CNC(=O)Nc4ccccc4C(F)(F)F)sc3C2=O)C(=O)N1.O=C1CCC(N2Cc3cc(CNC(=S)NCCc4ccccc4)sc3C2=O)C(=O)N1. The topological polar surface area (TPSA) is 198 Å². The van der Waals surface area contributed by atoms with E-state index in [-0.39, 0.29) is 67.6 Å². The van der Waals surface area contributed by atoms with E-state index in [2.05, 4.69) is 44.0 Å². The molecule has 6 heterocycles. The number of anilines is 1. The van der Waals surface area contributed by atoms with Crippen molar-refractivity contribution in [2.24, 2.45) is 0 Å². The molecule has 6 N–H and O–H groups in total. The molecular weight excluding hydrogens is 870 g/mol. The monoisotopic (exact) mass is 908 g/mol. The number of rotatable bonds is 10. The van der Waals surface area contributed by atoms with Crippen molar-refractivity contribution in [2.75, 3.05) is 11.9 Å². The first kappa shape index (κ1) is 43.9. The van der Waals surface area contributed by atoms with E-state index in [4.69, 9.17) is 12.2 Å². The minimum Gasteiger partial charge on any atom is -0.362 e. The van der Waals surface area contributed by atoms with Crippen molar-refractivity contribution >= 4 is 87.2 Å². The Hall–Kier alpha value is -6.19. The number of nitrogens with one attached hydrogen (secondary N) is 6. The number of thiocarbonyl (C=S) groups is 1. The van der Waals surface area contributed by atoms with Crippen LogP contribution in [0.1, 0.15) is 77.0 Å². The Bertz CT molecular complexity index is 2440. The Morgan fingerprint density at radius 3 is 1.76 bits per heavy atom. The van der Waals surface area contributed by atoms with Gasteiger partial charge >= 0.3 is 12.2 Å². The van der Waals surface area contributed by atoms with E-state index in [1.807, 2.05) is 24.3 Å². The van der Waals surface area contributed by atoms with Crippen molar-refractivity contribution in [3.63, 3.8) is 0 Å². The van der Waals surface area contributed by atoms with Gasteiger partial charge in [0.1, 0.15) is 12.1 Å². The molecule has 2 atom stereocenters. The van der Waals surface area contributed by atoms with Gasteiger partial charge in [-0.3, -0.25) is 39.4 Å². The molecule has 8 rings (SSSR count). The maximum Gasteiger partial charge on any atom is 0.418 e. The Balaban J connectivity index is 0.000000187. The molecule has 4 aromatic rings. The smallest absolute Gasteiger partial charge is 0.362 e. The van der Waals surface area contributed by atoms with Gasteiger partial charge in [-0.2, -0.15) is 13.2 Å². The maximum atomic E-state index is 13.0. The van der Waals surface area contributed by atoms with Gasteiger partial charge in [-0.25, -0.2) is 4.79 Å². The number of fused-ring (bicyclic) bond motifs is 2. The second kappa shape index (κ2) is 18.8. The second-order valence-corrected chi connectivity index (χ2v) is 17.3. The Kier molecular flexibility index (Phi) is 13.3. The van der Waals surface area contributed by atoms with Crippen LogP contribution in [0.25, 0.3) is 0 Å². The van der Waals surface area contributed by atoms with Gasteiger partial charge in [-0.15, -0.1) is 22.7 Å². The minimum absolute atomic E-state index is 0.0172. The van der Waals surface area contributed by atoms with E-state index in [1.165, 1.54) is 33.9 Å². The number of piperidine rings is 2. The average Bonchev–Trinajstić information content (AvgIpc) is 3.98. The number of halogens is 3. The van der Waals surface area contributed by atoms with Crippen LogP contribution in [-0.2, 0) is 58.0 Å². The molecule has 2 unspecified atom stereocenters. The standard InChI is InChI=1S/C21H22N4O3S2.C20H17F3N4O4S/c26-17-7-6-16(19(27)24-17)25-12-14-10-15(30-18(14)20(25)28)11-23-21(29)22-9-8-13-4-2-1-3-5-13;21-20(22,23)12-3-1-2-4-13(12)25-19(31)24-8-11-7-10-9-27(18(30)16(10)32-11)14-5-6-15(28)26-17(14)29/h1-5,10,16H,6-9,11-12H2,(H2,22,23,29)(H,24,26,27);1-4,7,14H,5-6,8-9H2,(H2,24,25,31)(H,26,28,29). The summed E-state index contributed by atoms with van der Waals surface area (Å²) in [5.41, 5.74) is 1.56. The molecule has 62 heavy (non-hydrogen) atoms. The number of carbonyl (C=O) groups is 7. The first-order valence-corrected chi connectivity index (χ1v) is 21.5. The quantitative estimate of drug-likeness (QED) is 0.0970. The number of alkyl halides is 3. The number of hydrogen-bond donors (Lipinski definition) is 6. The van der Waals surface area contributed by atoms with Crippen LogP contribution in [0, 0.1) is 0 Å². The summed E-state index contributed by atoms with van der Waals surface area (Å²) in [7, 11) is 0. The molecule has 0 radical (unpaired) electrons. The number of benzene rings is 2. The number of hydrogen-bond acceptors (Lipinski definition) is 10. The van der Waals surface area contributed by atoms with Crippen LogP contribution < -0.4 is 31.9 Å². The summed E-state index contributed by atoms with van der Waals surface area (Å²) in [6, 6.07) is 16.5. The maximum absolute atomic E-state index is 13.0. The Morgan fingerprint density at radius 2 is 1.24 bits per heavy atom. The highest BCUT2D eigenvalue weighted by molar-refractivity contribution is 7.80. The van der Waals surface area contributed by atoms with E-state index in [1.54, 1.807) is 11.0 Å². The number of nitrogens with zero attached hydrogens (tertiary/aromatic N) is 2. The van der Waals surface area contributed by atoms with E-state index in [9.17, 15) is 46.7 Å². The van der Waals surface area contributed by atoms with Crippen molar-refractivity contribution in [1.82, 2.24) is 36.4 Å². The van der Waals surface area contributed by atoms with Crippen LogP contribution in [0.3, 0.4) is 0 Å². The van der Waals surface area contributed by atoms with Crippen LogP contribution in [0.4, 0.5) is 23.7 Å². The van der Waals surface area contributed by atoms with Crippen molar-refractivity contribution in [3.05, 3.63) is 108 Å². The van der Waals surface area contributed by atoms with Gasteiger partial charge < -0.3 is 31.1 Å². The number of thiophene rings is 2. The fourth-order valence-electron chi connectivity index (χ4n) is 7.35. The molecule has 0 spiro atoms. The van der Waals surface area contributed by atoms with E-state index in [0.717, 1.165) is 46.9 Å². The summed E-state index contributed by atoms with van der Waals surface area (Å²) in [5.74, 6) is -1.99. The fraction of sp³-hybridized carbons (Fsp3) is 0.317.